The van der Waals surface area contributed by atoms with E-state index in [1.54, 1.807) is 30.3 Å². The number of amides is 9. The molecule has 0 bridgehead atoms. The topological polar surface area (TPSA) is 485 Å². The monoisotopic (exact) mass is 1120 g/mol. The van der Waals surface area contributed by atoms with Crippen molar-refractivity contribution in [2.75, 3.05) is 18.8 Å². The Morgan fingerprint density at radius 3 is 1.35 bits per heavy atom. The Balaban J connectivity index is 1.82. The van der Waals surface area contributed by atoms with Gasteiger partial charge in [-0.05, 0) is 67.6 Å². The number of phenolic OH excluding ortho intramolecular Hbond substituents is 2. The van der Waals surface area contributed by atoms with Gasteiger partial charge >= 0.3 is 5.97 Å². The summed E-state index contributed by atoms with van der Waals surface area (Å²) in [5, 5.41) is 69.9. The third kappa shape index (κ3) is 22.5. The van der Waals surface area contributed by atoms with Crippen molar-refractivity contribution in [3.63, 3.8) is 0 Å². The average Bonchev–Trinajstić information content (AvgIpc) is 3.39. The van der Waals surface area contributed by atoms with Crippen molar-refractivity contribution in [1.29, 1.82) is 0 Å². The molecule has 29 heteroatoms. The van der Waals surface area contributed by atoms with Gasteiger partial charge in [0, 0.05) is 31.6 Å². The van der Waals surface area contributed by atoms with E-state index in [-0.39, 0.29) is 56.1 Å². The molecule has 0 fully saturated rings. The summed E-state index contributed by atoms with van der Waals surface area (Å²) in [4.78, 5) is 137. The minimum absolute atomic E-state index is 0.0166. The molecule has 0 aliphatic rings. The number of guanidine groups is 1. The van der Waals surface area contributed by atoms with Crippen LogP contribution in [-0.2, 0) is 67.2 Å². The van der Waals surface area contributed by atoms with Gasteiger partial charge in [0.25, 0.3) is 0 Å². The van der Waals surface area contributed by atoms with Gasteiger partial charge < -0.3 is 91.0 Å². The molecule has 0 aliphatic heterocycles. The number of carbonyl (C=O) groups excluding carboxylic acids is 9. The zero-order valence-corrected chi connectivity index (χ0v) is 44.1. The highest BCUT2D eigenvalue weighted by Gasteiger charge is 2.37. The fraction of sp³-hybridized carbons (Fsp3) is 0.420. The van der Waals surface area contributed by atoms with Gasteiger partial charge in [0.05, 0.1) is 25.2 Å². The summed E-state index contributed by atoms with van der Waals surface area (Å²) >= 11 is 4.13. The third-order valence-corrected chi connectivity index (χ3v) is 12.0. The smallest absolute Gasteiger partial charge is 0.326 e. The van der Waals surface area contributed by atoms with Crippen LogP contribution in [0.15, 0.2) is 83.9 Å². The summed E-state index contributed by atoms with van der Waals surface area (Å²) in [7, 11) is 0. The summed E-state index contributed by atoms with van der Waals surface area (Å²) in [6.07, 6.45) is -4.98. The number of thiol groups is 1. The lowest BCUT2D eigenvalue weighted by atomic mass is 10.0. The first kappa shape index (κ1) is 64.7. The quantitative estimate of drug-likeness (QED) is 0.0120. The number of primary amides is 1. The number of carboxylic acids is 1. The van der Waals surface area contributed by atoms with E-state index in [1.165, 1.54) is 48.5 Å². The molecule has 0 spiro atoms. The number of aliphatic hydroxyl groups excluding tert-OH is 2. The highest BCUT2D eigenvalue weighted by atomic mass is 32.1. The van der Waals surface area contributed by atoms with Crippen molar-refractivity contribution in [1.82, 2.24) is 42.5 Å². The van der Waals surface area contributed by atoms with Crippen LogP contribution in [0.25, 0.3) is 0 Å². The second-order valence-electron chi connectivity index (χ2n) is 18.2. The molecule has 21 N–H and O–H groups in total. The Morgan fingerprint density at radius 2 is 0.911 bits per heavy atom. The van der Waals surface area contributed by atoms with E-state index in [9.17, 15) is 73.5 Å². The summed E-state index contributed by atoms with van der Waals surface area (Å²) in [5.74, 6) is -12.0. The summed E-state index contributed by atoms with van der Waals surface area (Å²) in [6, 6.07) is 6.31. The van der Waals surface area contributed by atoms with Crippen LogP contribution in [0, 0.1) is 0 Å². The van der Waals surface area contributed by atoms with Crippen LogP contribution >= 0.6 is 12.6 Å². The normalized spacial score (nSPS) is 14.7. The van der Waals surface area contributed by atoms with E-state index >= 15 is 0 Å². The number of carboxylic acid groups (broad SMARTS) is 1. The molecule has 0 aliphatic carbocycles. The lowest BCUT2D eigenvalue weighted by molar-refractivity contribution is -0.142. The maximum atomic E-state index is 13.9. The van der Waals surface area contributed by atoms with Crippen LogP contribution < -0.4 is 65.5 Å². The van der Waals surface area contributed by atoms with Gasteiger partial charge in [-0.15, -0.1) is 0 Å². The zero-order chi connectivity index (χ0) is 58.9. The van der Waals surface area contributed by atoms with E-state index in [1.807, 2.05) is 0 Å². The Morgan fingerprint density at radius 1 is 0.519 bits per heavy atom. The van der Waals surface area contributed by atoms with Gasteiger partial charge in [-0.1, -0.05) is 54.6 Å². The fourth-order valence-electron chi connectivity index (χ4n) is 7.49. The minimum atomic E-state index is -1.92. The average molecular weight is 1120 g/mol. The van der Waals surface area contributed by atoms with Crippen LogP contribution in [-0.4, -0.2) is 170 Å². The van der Waals surface area contributed by atoms with Crippen LogP contribution in [0.2, 0.25) is 0 Å². The molecule has 28 nitrogen and oxygen atoms in total. The van der Waals surface area contributed by atoms with Gasteiger partial charge in [-0.3, -0.25) is 48.1 Å². The first-order valence-electron chi connectivity index (χ1n) is 24.6. The SMILES string of the molecule is C[C@@H](O)[C@H](NC(=O)[C@H](CC(N)=O)NC(=O)[C@H](CS)NC(=O)[C@@H](NC(=O)[C@H](CCCN=C(N)N)NC(=O)[C@H](Cc1ccc(O)cc1)NC(=O)CN)[C@@H](C)O)C(=O)N[C@@H](Cc1ccc(O)cc1)C(=O)N[C@@H](Cc1ccccc1)C(=O)O. The van der Waals surface area contributed by atoms with Gasteiger partial charge in [-0.2, -0.15) is 12.6 Å². The van der Waals surface area contributed by atoms with E-state index in [4.69, 9.17) is 22.9 Å². The van der Waals surface area contributed by atoms with Crippen molar-refractivity contribution in [2.45, 2.75) is 113 Å². The number of nitrogens with one attached hydrogen (secondary N) is 8. The number of aliphatic carboxylic acids is 1. The molecule has 0 saturated heterocycles. The van der Waals surface area contributed by atoms with E-state index in [0.29, 0.717) is 16.7 Å². The second-order valence-corrected chi connectivity index (χ2v) is 18.5. The molecule has 9 amide bonds. The summed E-state index contributed by atoms with van der Waals surface area (Å²) in [5.41, 5.74) is 23.2. The number of nitrogens with zero attached hydrogens (tertiary/aromatic N) is 1. The molecule has 0 aromatic heterocycles. The number of hydrogen-bond donors (Lipinski definition) is 18. The van der Waals surface area contributed by atoms with E-state index in [2.05, 4.69) is 60.2 Å². The number of carbonyl (C=O) groups is 10. The summed E-state index contributed by atoms with van der Waals surface area (Å²) < 4.78 is 0. The molecule has 3 aromatic carbocycles. The van der Waals surface area contributed by atoms with Crippen molar-refractivity contribution in [3.8, 4) is 11.5 Å². The second kappa shape index (κ2) is 32.3. The third-order valence-electron chi connectivity index (χ3n) is 11.7. The molecule has 3 aromatic rings. The van der Waals surface area contributed by atoms with Gasteiger partial charge in [-0.25, -0.2) is 4.79 Å². The molecule has 79 heavy (non-hydrogen) atoms. The molecule has 3 rings (SSSR count). The number of aliphatic hydroxyl groups is 2. The zero-order valence-electron chi connectivity index (χ0n) is 43.2. The largest absolute Gasteiger partial charge is 0.508 e. The number of rotatable bonds is 32. The Hall–Kier alpha value is -8.54. The van der Waals surface area contributed by atoms with Crippen LogP contribution in [0.1, 0.15) is 49.8 Å². The Bertz CT molecular complexity index is 2610. The molecule has 0 heterocycles. The molecule has 10 atom stereocenters. The predicted molar refractivity (Wildman–Crippen MR) is 287 cm³/mol. The van der Waals surface area contributed by atoms with Crippen molar-refractivity contribution < 1.29 is 73.5 Å². The fourth-order valence-corrected chi connectivity index (χ4v) is 7.75. The standard InChI is InChI=1S/C50H69N13O15S/c1-25(64)40(47(75)59-34(20-29-12-16-31(67)17-13-29)44(72)60-36(49(77)78)21-27-7-4-3-5-8-27)63-45(73)35(22-38(52)68)58-46(74)37(24-79)61-48(76)41(26(2)65)62-42(70)32(9-6-18-55-50(53)54)57-43(71)33(56-39(69)23-51)19-28-10-14-30(66)15-11-28/h3-5,7-8,10-17,25-26,32-37,40-41,64-67,79H,6,9,18-24,51H2,1-2H3,(H2,52,68)(H,56,69)(H,57,71)(H,58,74)(H,59,75)(H,60,72)(H,61,76)(H,62,70)(H,63,73)(H,77,78)(H4,53,54,55)/t25-,26-,32+,33+,34+,35+,36+,37+,40+,41+/m1/s1. The molecule has 0 radical (unpaired) electrons. The maximum Gasteiger partial charge on any atom is 0.326 e. The predicted octanol–water partition coefficient (Wildman–Crippen LogP) is -5.33. The number of nitrogens with two attached hydrogens (primary N) is 4. The number of hydrogen-bond acceptors (Lipinski definition) is 17. The number of aromatic hydroxyl groups is 2. The van der Waals surface area contributed by atoms with Gasteiger partial charge in [0.15, 0.2) is 5.96 Å². The highest BCUT2D eigenvalue weighted by Crippen LogP contribution is 2.15. The number of aliphatic imine (C=N–C) groups is 1. The highest BCUT2D eigenvalue weighted by molar-refractivity contribution is 7.80. The molecular formula is C50H69N13O15S. The molecule has 0 saturated carbocycles. The maximum absolute atomic E-state index is 13.9. The van der Waals surface area contributed by atoms with Gasteiger partial charge in [0.2, 0.25) is 53.2 Å². The van der Waals surface area contributed by atoms with E-state index < -0.39 is 138 Å². The van der Waals surface area contributed by atoms with Crippen LogP contribution in [0.3, 0.4) is 0 Å². The Labute approximate surface area is 459 Å². The number of benzene rings is 3. The minimum Gasteiger partial charge on any atom is -0.508 e. The lowest BCUT2D eigenvalue weighted by Crippen LogP contribution is -2.63. The lowest BCUT2D eigenvalue weighted by Gasteiger charge is -2.28. The molecule has 430 valence electrons. The van der Waals surface area contributed by atoms with Crippen molar-refractivity contribution in [2.24, 2.45) is 27.9 Å². The van der Waals surface area contributed by atoms with E-state index in [0.717, 1.165) is 13.8 Å². The van der Waals surface area contributed by atoms with Crippen LogP contribution in [0.5, 0.6) is 11.5 Å². The van der Waals surface area contributed by atoms with Gasteiger partial charge in [0.1, 0.15) is 59.8 Å². The first-order valence-corrected chi connectivity index (χ1v) is 25.2. The van der Waals surface area contributed by atoms with Crippen LogP contribution in [0.4, 0.5) is 0 Å². The summed E-state index contributed by atoms with van der Waals surface area (Å²) in [6.45, 7) is 1.69. The molecule has 0 unspecified atom stereocenters. The van der Waals surface area contributed by atoms with Crippen molar-refractivity contribution >= 4 is 77.7 Å². The van der Waals surface area contributed by atoms with Crippen molar-refractivity contribution in [3.05, 3.63) is 95.6 Å². The number of phenols is 2. The Kier molecular flexibility index (Phi) is 26.4. The molecular weight excluding hydrogens is 1050 g/mol. The first-order chi connectivity index (χ1) is 37.3.